The summed E-state index contributed by atoms with van der Waals surface area (Å²) in [6.45, 7) is 2.11. The van der Waals surface area contributed by atoms with E-state index in [-0.39, 0.29) is 22.8 Å². The van der Waals surface area contributed by atoms with Crippen LogP contribution in [-0.2, 0) is 0 Å². The molecule has 108 valence electrons. The summed E-state index contributed by atoms with van der Waals surface area (Å²) in [6, 6.07) is 6.44. The van der Waals surface area contributed by atoms with Crippen molar-refractivity contribution in [1.82, 2.24) is 4.90 Å². The lowest BCUT2D eigenvalue weighted by molar-refractivity contribution is 0.470. The number of hydrogen-bond donors (Lipinski definition) is 0. The van der Waals surface area contributed by atoms with Gasteiger partial charge in [0.15, 0.2) is 5.17 Å². The summed E-state index contributed by atoms with van der Waals surface area (Å²) in [7, 11) is 0. The van der Waals surface area contributed by atoms with Crippen LogP contribution in [0.5, 0.6) is 0 Å². The Bertz CT molecular complexity index is 513. The van der Waals surface area contributed by atoms with Crippen LogP contribution in [-0.4, -0.2) is 46.1 Å². The van der Waals surface area contributed by atoms with Gasteiger partial charge in [-0.25, -0.2) is 4.39 Å². The van der Waals surface area contributed by atoms with Crippen molar-refractivity contribution in [2.75, 3.05) is 30.3 Å². The van der Waals surface area contributed by atoms with Crippen LogP contribution < -0.4 is 0 Å². The molecule has 7 heteroatoms. The molecule has 20 heavy (non-hydrogen) atoms. The molecule has 2 heterocycles. The van der Waals surface area contributed by atoms with Crippen molar-refractivity contribution in [2.24, 2.45) is 10.2 Å². The minimum Gasteiger partial charge on any atom is -0.348 e. The summed E-state index contributed by atoms with van der Waals surface area (Å²) in [6.07, 6.45) is 0. The first kappa shape index (κ1) is 15.9. The van der Waals surface area contributed by atoms with Gasteiger partial charge in [-0.2, -0.15) is 16.9 Å². The summed E-state index contributed by atoms with van der Waals surface area (Å²) in [4.78, 5) is 2.30. The van der Waals surface area contributed by atoms with Crippen LogP contribution in [0.25, 0.3) is 0 Å². The van der Waals surface area contributed by atoms with E-state index in [9.17, 15) is 4.39 Å². The van der Waals surface area contributed by atoms with E-state index in [1.807, 2.05) is 11.8 Å². The number of rotatable bonds is 1. The highest BCUT2D eigenvalue weighted by atomic mass is 79.9. The van der Waals surface area contributed by atoms with Gasteiger partial charge in [0.05, 0.1) is 5.71 Å². The molecule has 0 unspecified atom stereocenters. The van der Waals surface area contributed by atoms with Crippen LogP contribution in [0.3, 0.4) is 0 Å². The second-order valence-corrected chi connectivity index (χ2v) is 6.49. The number of nitrogens with zero attached hydrogens (tertiary/aromatic N) is 3. The molecule has 2 aliphatic rings. The van der Waals surface area contributed by atoms with E-state index in [2.05, 4.69) is 15.1 Å². The normalized spacial score (nSPS) is 18.9. The molecule has 0 N–H and O–H groups in total. The van der Waals surface area contributed by atoms with Crippen LogP contribution >= 0.6 is 40.5 Å². The second kappa shape index (κ2) is 7.47. The maximum absolute atomic E-state index is 12.9. The molecular formula is C13H15BrFN3S2. The predicted molar refractivity (Wildman–Crippen MR) is 92.1 cm³/mol. The van der Waals surface area contributed by atoms with Crippen LogP contribution in [0.1, 0.15) is 5.56 Å². The molecule has 2 aliphatic heterocycles. The van der Waals surface area contributed by atoms with Gasteiger partial charge in [-0.3, -0.25) is 0 Å². The van der Waals surface area contributed by atoms with E-state index in [4.69, 9.17) is 0 Å². The van der Waals surface area contributed by atoms with Crippen LogP contribution in [0, 0.1) is 5.82 Å². The zero-order chi connectivity index (χ0) is 13.1. The number of halogens is 2. The van der Waals surface area contributed by atoms with Gasteiger partial charge in [0, 0.05) is 30.3 Å². The Morgan fingerprint density at radius 1 is 1.05 bits per heavy atom. The van der Waals surface area contributed by atoms with Crippen LogP contribution in [0.2, 0.25) is 0 Å². The smallest absolute Gasteiger partial charge is 0.186 e. The molecule has 3 rings (SSSR count). The van der Waals surface area contributed by atoms with Crippen molar-refractivity contribution in [1.29, 1.82) is 0 Å². The Hall–Kier alpha value is -0.530. The van der Waals surface area contributed by atoms with Crippen molar-refractivity contribution in [3.05, 3.63) is 35.6 Å². The van der Waals surface area contributed by atoms with Crippen molar-refractivity contribution < 1.29 is 4.39 Å². The Kier molecular flexibility index (Phi) is 5.92. The molecule has 0 atom stereocenters. The topological polar surface area (TPSA) is 28.0 Å². The minimum atomic E-state index is -0.220. The second-order valence-electron chi connectivity index (χ2n) is 4.32. The Labute approximate surface area is 136 Å². The van der Waals surface area contributed by atoms with Gasteiger partial charge in [-0.1, -0.05) is 23.9 Å². The van der Waals surface area contributed by atoms with E-state index in [1.54, 1.807) is 23.9 Å². The number of thioether (sulfide) groups is 2. The molecule has 1 aromatic rings. The monoisotopic (exact) mass is 375 g/mol. The zero-order valence-electron chi connectivity index (χ0n) is 10.8. The third-order valence-electron chi connectivity index (χ3n) is 3.05. The third-order valence-corrected chi connectivity index (χ3v) is 5.01. The molecule has 0 radical (unpaired) electrons. The highest BCUT2D eigenvalue weighted by Crippen LogP contribution is 2.21. The molecule has 0 aliphatic carbocycles. The van der Waals surface area contributed by atoms with E-state index < -0.39 is 0 Å². The van der Waals surface area contributed by atoms with Crippen molar-refractivity contribution in [3.8, 4) is 0 Å². The lowest BCUT2D eigenvalue weighted by atomic mass is 10.1. The number of amidine groups is 1. The summed E-state index contributed by atoms with van der Waals surface area (Å²) in [5.74, 6) is 2.90. The van der Waals surface area contributed by atoms with Crippen molar-refractivity contribution in [3.63, 3.8) is 0 Å². The molecule has 0 saturated carbocycles. The molecule has 0 spiro atoms. The highest BCUT2D eigenvalue weighted by Gasteiger charge is 2.19. The van der Waals surface area contributed by atoms with Crippen molar-refractivity contribution >= 4 is 51.4 Å². The largest absolute Gasteiger partial charge is 0.348 e. The number of benzene rings is 1. The van der Waals surface area contributed by atoms with Crippen LogP contribution in [0.4, 0.5) is 4.39 Å². The van der Waals surface area contributed by atoms with Gasteiger partial charge in [-0.15, -0.1) is 22.1 Å². The highest BCUT2D eigenvalue weighted by molar-refractivity contribution is 8.93. The molecule has 0 aromatic heterocycles. The van der Waals surface area contributed by atoms with E-state index in [0.717, 1.165) is 46.8 Å². The molecule has 3 nitrogen and oxygen atoms in total. The first-order chi connectivity index (χ1) is 9.33. The average Bonchev–Trinajstić information content (AvgIpc) is 2.49. The molecular weight excluding hydrogens is 361 g/mol. The predicted octanol–water partition coefficient (Wildman–Crippen LogP) is 3.26. The Morgan fingerprint density at radius 3 is 2.35 bits per heavy atom. The van der Waals surface area contributed by atoms with Crippen molar-refractivity contribution in [2.45, 2.75) is 0 Å². The minimum absolute atomic E-state index is 0. The van der Waals surface area contributed by atoms with Gasteiger partial charge >= 0.3 is 0 Å². The van der Waals surface area contributed by atoms with Gasteiger partial charge < -0.3 is 4.90 Å². The first-order valence-corrected chi connectivity index (χ1v) is 8.33. The SMILES string of the molecule is Br.Fc1ccc(C2=NN=C(N3CCSCC3)SC2)cc1. The maximum atomic E-state index is 12.9. The summed E-state index contributed by atoms with van der Waals surface area (Å²) in [5.41, 5.74) is 1.87. The quantitative estimate of drug-likeness (QED) is 0.753. The van der Waals surface area contributed by atoms with Gasteiger partial charge in [0.1, 0.15) is 5.82 Å². The lowest BCUT2D eigenvalue weighted by Crippen LogP contribution is -2.37. The third kappa shape index (κ3) is 3.77. The Balaban J connectivity index is 0.00000147. The fourth-order valence-electron chi connectivity index (χ4n) is 1.99. The maximum Gasteiger partial charge on any atom is 0.186 e. The van der Waals surface area contributed by atoms with E-state index >= 15 is 0 Å². The first-order valence-electron chi connectivity index (χ1n) is 6.19. The standard InChI is InChI=1S/C13H14FN3S2.BrH/c14-11-3-1-10(2-4-11)12-9-19-13(16-15-12)17-5-7-18-8-6-17;/h1-4H,5-9H2;1H. The van der Waals surface area contributed by atoms with Gasteiger partial charge in [0.25, 0.3) is 0 Å². The van der Waals surface area contributed by atoms with Gasteiger partial charge in [0.2, 0.25) is 0 Å². The molecule has 1 fully saturated rings. The molecule has 1 aromatic carbocycles. The summed E-state index contributed by atoms with van der Waals surface area (Å²) < 4.78 is 12.9. The van der Waals surface area contributed by atoms with E-state index in [0.29, 0.717) is 0 Å². The fourth-order valence-corrected chi connectivity index (χ4v) is 3.84. The van der Waals surface area contributed by atoms with Crippen LogP contribution in [0.15, 0.2) is 34.5 Å². The number of hydrogen-bond acceptors (Lipinski definition) is 5. The summed E-state index contributed by atoms with van der Waals surface area (Å²) in [5, 5.41) is 9.64. The molecule has 0 bridgehead atoms. The summed E-state index contributed by atoms with van der Waals surface area (Å²) >= 11 is 3.70. The molecule has 1 saturated heterocycles. The lowest BCUT2D eigenvalue weighted by Gasteiger charge is -2.29. The Morgan fingerprint density at radius 2 is 1.75 bits per heavy atom. The van der Waals surface area contributed by atoms with Gasteiger partial charge in [-0.05, 0) is 17.7 Å². The fraction of sp³-hybridized carbons (Fsp3) is 0.385. The molecule has 0 amide bonds. The van der Waals surface area contributed by atoms with E-state index in [1.165, 1.54) is 12.1 Å². The average molecular weight is 376 g/mol. The zero-order valence-corrected chi connectivity index (χ0v) is 14.1.